The van der Waals surface area contributed by atoms with Crippen LogP contribution in [0.4, 0.5) is 5.82 Å². The molecule has 0 bridgehead atoms. The van der Waals surface area contributed by atoms with Crippen LogP contribution in [0, 0.1) is 11.8 Å². The van der Waals surface area contributed by atoms with Crippen molar-refractivity contribution in [1.29, 1.82) is 0 Å². The minimum absolute atomic E-state index is 0.615. The molecule has 4 heteroatoms. The van der Waals surface area contributed by atoms with Gasteiger partial charge in [-0.05, 0) is 86.5 Å². The summed E-state index contributed by atoms with van der Waals surface area (Å²) in [6.07, 6.45) is 10.7. The van der Waals surface area contributed by atoms with Crippen LogP contribution in [-0.4, -0.2) is 16.5 Å². The van der Waals surface area contributed by atoms with E-state index in [-0.39, 0.29) is 0 Å². The highest BCUT2D eigenvalue weighted by Gasteiger charge is 2.18. The number of rotatable bonds is 3. The Labute approximate surface area is 168 Å². The number of fused-ring (bicyclic) bond motifs is 2. The molecule has 3 nitrogen and oxygen atoms in total. The van der Waals surface area contributed by atoms with Gasteiger partial charge in [0, 0.05) is 17.9 Å². The van der Waals surface area contributed by atoms with E-state index in [1.54, 1.807) is 0 Å². The van der Waals surface area contributed by atoms with Crippen molar-refractivity contribution in [2.45, 2.75) is 64.7 Å². The molecule has 2 aromatic heterocycles. The molecule has 1 N–H and O–H groups in total. The highest BCUT2D eigenvalue weighted by atomic mass is 35.5. The third kappa shape index (κ3) is 4.82. The predicted octanol–water partition coefficient (Wildman–Crippen LogP) is 5.64. The lowest BCUT2D eigenvalue weighted by atomic mass is 9.91. The largest absolute Gasteiger partial charge is 0.370 e. The van der Waals surface area contributed by atoms with Crippen molar-refractivity contribution < 1.29 is 0 Å². The van der Waals surface area contributed by atoms with Gasteiger partial charge in [-0.25, -0.2) is 9.97 Å². The van der Waals surface area contributed by atoms with E-state index in [1.807, 2.05) is 6.07 Å². The Kier molecular flexibility index (Phi) is 5.97. The second kappa shape index (κ2) is 8.60. The summed E-state index contributed by atoms with van der Waals surface area (Å²) in [6.45, 7) is 3.36. The van der Waals surface area contributed by atoms with Crippen LogP contribution < -0.4 is 5.32 Å². The first kappa shape index (κ1) is 18.7. The molecule has 0 saturated heterocycles. The number of hydrogen-bond acceptors (Lipinski definition) is 3. The molecule has 2 aliphatic rings. The molecule has 0 spiro atoms. The second-order valence-electron chi connectivity index (χ2n) is 8.40. The lowest BCUT2D eigenvalue weighted by molar-refractivity contribution is 0.459. The van der Waals surface area contributed by atoms with Crippen LogP contribution in [0.1, 0.15) is 61.5 Å². The second-order valence-corrected chi connectivity index (χ2v) is 8.79. The van der Waals surface area contributed by atoms with Gasteiger partial charge in [-0.2, -0.15) is 0 Å². The normalized spacial score (nSPS) is 22.7. The maximum absolute atomic E-state index is 6.06. The third-order valence-corrected chi connectivity index (χ3v) is 6.51. The van der Waals surface area contributed by atoms with Gasteiger partial charge in [0.25, 0.3) is 0 Å². The van der Waals surface area contributed by atoms with E-state index < -0.39 is 0 Å². The van der Waals surface area contributed by atoms with Crippen molar-refractivity contribution in [2.75, 3.05) is 11.9 Å². The van der Waals surface area contributed by atoms with E-state index in [4.69, 9.17) is 16.6 Å². The predicted molar refractivity (Wildman–Crippen MR) is 113 cm³/mol. The summed E-state index contributed by atoms with van der Waals surface area (Å²) in [7, 11) is 0. The van der Waals surface area contributed by atoms with E-state index in [2.05, 4.69) is 35.4 Å². The maximum atomic E-state index is 6.06. The van der Waals surface area contributed by atoms with Gasteiger partial charge in [0.15, 0.2) is 0 Å². The smallest absolute Gasteiger partial charge is 0.129 e. The van der Waals surface area contributed by atoms with Gasteiger partial charge in [0.1, 0.15) is 11.0 Å². The molecule has 0 saturated carbocycles. The van der Waals surface area contributed by atoms with Crippen LogP contribution in [0.15, 0.2) is 24.3 Å². The van der Waals surface area contributed by atoms with Crippen molar-refractivity contribution in [1.82, 2.24) is 9.97 Å². The summed E-state index contributed by atoms with van der Waals surface area (Å²) in [5.74, 6) is 2.53. The molecular weight excluding hydrogens is 354 g/mol. The molecule has 27 heavy (non-hydrogen) atoms. The first-order valence-corrected chi connectivity index (χ1v) is 10.9. The third-order valence-electron chi connectivity index (χ3n) is 6.30. The number of pyridine rings is 2. The lowest BCUT2D eigenvalue weighted by Gasteiger charge is -2.19. The van der Waals surface area contributed by atoms with Crippen LogP contribution in [0.5, 0.6) is 0 Å². The molecule has 0 radical (unpaired) electrons. The SMILES string of the molecule is CC1CCCc2ccc(NCC3CCc4ccc(Cl)nc4CC3)nc2CC1. The van der Waals surface area contributed by atoms with Gasteiger partial charge in [0.2, 0.25) is 0 Å². The Morgan fingerprint density at radius 1 is 0.889 bits per heavy atom. The zero-order valence-electron chi connectivity index (χ0n) is 16.3. The summed E-state index contributed by atoms with van der Waals surface area (Å²) in [4.78, 5) is 9.50. The van der Waals surface area contributed by atoms with Gasteiger partial charge in [-0.3, -0.25) is 0 Å². The number of anilines is 1. The van der Waals surface area contributed by atoms with Gasteiger partial charge >= 0.3 is 0 Å². The van der Waals surface area contributed by atoms with E-state index in [9.17, 15) is 0 Å². The molecule has 2 atom stereocenters. The van der Waals surface area contributed by atoms with E-state index in [0.29, 0.717) is 11.1 Å². The summed E-state index contributed by atoms with van der Waals surface area (Å²) in [6, 6.07) is 8.55. The van der Waals surface area contributed by atoms with Crippen LogP contribution in [0.2, 0.25) is 5.15 Å². The van der Waals surface area contributed by atoms with Gasteiger partial charge < -0.3 is 5.32 Å². The van der Waals surface area contributed by atoms with Crippen molar-refractivity contribution in [2.24, 2.45) is 11.8 Å². The summed E-state index contributed by atoms with van der Waals surface area (Å²) >= 11 is 6.06. The monoisotopic (exact) mass is 383 g/mol. The van der Waals surface area contributed by atoms with E-state index in [1.165, 1.54) is 54.6 Å². The maximum Gasteiger partial charge on any atom is 0.129 e. The fraction of sp³-hybridized carbons (Fsp3) is 0.565. The van der Waals surface area contributed by atoms with Gasteiger partial charge in [-0.1, -0.05) is 37.1 Å². The zero-order valence-corrected chi connectivity index (χ0v) is 17.1. The van der Waals surface area contributed by atoms with Crippen molar-refractivity contribution >= 4 is 17.4 Å². The average Bonchev–Trinajstić information content (AvgIpc) is 2.86. The lowest BCUT2D eigenvalue weighted by Crippen LogP contribution is -2.16. The Balaban J connectivity index is 1.36. The Morgan fingerprint density at radius 2 is 1.63 bits per heavy atom. The molecule has 4 rings (SSSR count). The minimum atomic E-state index is 0.615. The molecular formula is C23H30ClN3. The quantitative estimate of drug-likeness (QED) is 0.550. The highest BCUT2D eigenvalue weighted by molar-refractivity contribution is 6.29. The fourth-order valence-electron chi connectivity index (χ4n) is 4.49. The van der Waals surface area contributed by atoms with Crippen LogP contribution in [0.25, 0.3) is 0 Å². The summed E-state index contributed by atoms with van der Waals surface area (Å²) in [5.41, 5.74) is 5.34. The number of aromatic nitrogens is 2. The number of hydrogen-bond donors (Lipinski definition) is 1. The average molecular weight is 384 g/mol. The summed E-state index contributed by atoms with van der Waals surface area (Å²) in [5, 5.41) is 4.24. The van der Waals surface area contributed by atoms with Crippen LogP contribution in [0.3, 0.4) is 0 Å². The Bertz CT molecular complexity index is 789. The first-order chi connectivity index (χ1) is 13.2. The van der Waals surface area contributed by atoms with E-state index in [0.717, 1.165) is 44.0 Å². The molecule has 0 aliphatic heterocycles. The standard InChI is InChI=1S/C23H30ClN3/c1-16-3-2-4-18-10-14-23(27-21(18)11-5-16)25-15-17-6-8-19-9-13-22(24)26-20(19)12-7-17/h9-10,13-14,16-17H,2-8,11-12,15H2,1H3,(H,25,27). The minimum Gasteiger partial charge on any atom is -0.370 e. The first-order valence-electron chi connectivity index (χ1n) is 10.5. The molecule has 0 fully saturated rings. The molecule has 0 aromatic carbocycles. The fourth-order valence-corrected chi connectivity index (χ4v) is 4.65. The highest BCUT2D eigenvalue weighted by Crippen LogP contribution is 2.26. The molecule has 2 aromatic rings. The topological polar surface area (TPSA) is 37.8 Å². The van der Waals surface area contributed by atoms with Crippen LogP contribution >= 0.6 is 11.6 Å². The molecule has 144 valence electrons. The van der Waals surface area contributed by atoms with Gasteiger partial charge in [0.05, 0.1) is 0 Å². The van der Waals surface area contributed by atoms with Crippen molar-refractivity contribution in [3.05, 3.63) is 51.9 Å². The Hall–Kier alpha value is -1.61. The van der Waals surface area contributed by atoms with Crippen molar-refractivity contribution in [3.63, 3.8) is 0 Å². The van der Waals surface area contributed by atoms with Crippen LogP contribution in [-0.2, 0) is 25.7 Å². The molecule has 2 unspecified atom stereocenters. The van der Waals surface area contributed by atoms with Crippen molar-refractivity contribution in [3.8, 4) is 0 Å². The zero-order chi connectivity index (χ0) is 18.6. The number of nitrogens with one attached hydrogen (secondary N) is 1. The van der Waals surface area contributed by atoms with E-state index >= 15 is 0 Å². The number of nitrogens with zero attached hydrogens (tertiary/aromatic N) is 2. The number of aryl methyl sites for hydroxylation is 4. The molecule has 0 amide bonds. The Morgan fingerprint density at radius 3 is 2.56 bits per heavy atom. The molecule has 2 heterocycles. The van der Waals surface area contributed by atoms with Gasteiger partial charge in [-0.15, -0.1) is 0 Å². The molecule has 2 aliphatic carbocycles. The summed E-state index contributed by atoms with van der Waals surface area (Å²) < 4.78 is 0. The number of halogens is 1.